The molecule has 138 valence electrons. The highest BCUT2D eigenvalue weighted by molar-refractivity contribution is 6.32. The summed E-state index contributed by atoms with van der Waals surface area (Å²) in [5.74, 6) is -2.10. The van der Waals surface area contributed by atoms with Crippen molar-refractivity contribution < 1.29 is 24.5 Å². The Hall–Kier alpha value is -3.32. The third-order valence-electron chi connectivity index (χ3n) is 3.88. The van der Waals surface area contributed by atoms with E-state index in [-0.39, 0.29) is 27.9 Å². The van der Waals surface area contributed by atoms with Gasteiger partial charge in [-0.3, -0.25) is 4.79 Å². The summed E-state index contributed by atoms with van der Waals surface area (Å²) in [6, 6.07) is 10.8. The number of rotatable bonds is 4. The zero-order valence-electron chi connectivity index (χ0n) is 14.1. The molecule has 1 aromatic heterocycles. The number of hydrogen-bond acceptors (Lipinski definition) is 6. The summed E-state index contributed by atoms with van der Waals surface area (Å²) in [6.07, 6.45) is 0.290. The van der Waals surface area contributed by atoms with Gasteiger partial charge in [-0.15, -0.1) is 0 Å². The van der Waals surface area contributed by atoms with Crippen molar-refractivity contribution in [2.45, 2.75) is 13.0 Å². The molecule has 27 heavy (non-hydrogen) atoms. The summed E-state index contributed by atoms with van der Waals surface area (Å²) in [5.41, 5.74) is 0.0310. The van der Waals surface area contributed by atoms with Crippen molar-refractivity contribution in [2.75, 3.05) is 5.32 Å². The fourth-order valence-electron chi connectivity index (χ4n) is 2.49. The monoisotopic (exact) mass is 386 g/mol. The van der Waals surface area contributed by atoms with Crippen LogP contribution >= 0.6 is 11.6 Å². The van der Waals surface area contributed by atoms with E-state index in [1.54, 1.807) is 36.4 Å². The van der Waals surface area contributed by atoms with Crippen molar-refractivity contribution in [3.63, 3.8) is 0 Å². The first kappa shape index (κ1) is 18.5. The number of ether oxygens (including phenoxy) is 1. The molecule has 0 aliphatic carbocycles. The number of carbonyl (C=O) groups excluding carboxylic acids is 2. The van der Waals surface area contributed by atoms with Crippen molar-refractivity contribution in [1.82, 2.24) is 4.98 Å². The van der Waals surface area contributed by atoms with E-state index in [1.807, 2.05) is 0 Å². The smallest absolute Gasteiger partial charge is 0.342 e. The van der Waals surface area contributed by atoms with Gasteiger partial charge in [-0.1, -0.05) is 35.9 Å². The Morgan fingerprint density at radius 1 is 1.15 bits per heavy atom. The number of hydrogen-bond donors (Lipinski definition) is 3. The van der Waals surface area contributed by atoms with E-state index in [2.05, 4.69) is 10.3 Å². The summed E-state index contributed by atoms with van der Waals surface area (Å²) in [5, 5.41) is 23.7. The fourth-order valence-corrected chi connectivity index (χ4v) is 2.65. The molecular weight excluding hydrogens is 372 g/mol. The van der Waals surface area contributed by atoms with Gasteiger partial charge in [0.15, 0.2) is 11.3 Å². The molecule has 0 aliphatic rings. The minimum atomic E-state index is -1.18. The number of fused-ring (bicyclic) bond motifs is 1. The molecule has 3 N–H and O–H groups in total. The van der Waals surface area contributed by atoms with E-state index in [4.69, 9.17) is 16.3 Å². The van der Waals surface area contributed by atoms with Gasteiger partial charge in [-0.2, -0.15) is 0 Å². The number of phenols is 2. The normalized spacial score (nSPS) is 11.8. The van der Waals surface area contributed by atoms with Crippen molar-refractivity contribution in [2.24, 2.45) is 0 Å². The van der Waals surface area contributed by atoms with Crippen molar-refractivity contribution >= 4 is 39.9 Å². The number of phenolic OH excluding ortho intramolecular Hbond substituents is 2. The molecule has 0 bridgehead atoms. The van der Waals surface area contributed by atoms with Crippen LogP contribution in [0.15, 0.2) is 48.7 Å². The van der Waals surface area contributed by atoms with Gasteiger partial charge < -0.3 is 20.3 Å². The van der Waals surface area contributed by atoms with Crippen LogP contribution in [0.1, 0.15) is 17.3 Å². The number of anilines is 1. The second-order valence-corrected chi connectivity index (χ2v) is 6.07. The highest BCUT2D eigenvalue weighted by Gasteiger charge is 2.23. The van der Waals surface area contributed by atoms with Gasteiger partial charge in [0.2, 0.25) is 0 Å². The Labute approximate surface area is 159 Å². The second-order valence-electron chi connectivity index (χ2n) is 5.72. The molecule has 0 radical (unpaired) electrons. The summed E-state index contributed by atoms with van der Waals surface area (Å²) in [7, 11) is 0. The van der Waals surface area contributed by atoms with Crippen LogP contribution in [0.4, 0.5) is 5.69 Å². The van der Waals surface area contributed by atoms with Crippen LogP contribution in [-0.2, 0) is 9.53 Å². The maximum atomic E-state index is 12.4. The van der Waals surface area contributed by atoms with Gasteiger partial charge in [0.1, 0.15) is 17.1 Å². The Morgan fingerprint density at radius 3 is 2.56 bits per heavy atom. The quantitative estimate of drug-likeness (QED) is 0.360. The number of pyridine rings is 1. The molecule has 7 nitrogen and oxygen atoms in total. The molecule has 1 amide bonds. The molecule has 0 saturated carbocycles. The number of amides is 1. The topological polar surface area (TPSA) is 109 Å². The lowest BCUT2D eigenvalue weighted by Gasteiger charge is -2.15. The second kappa shape index (κ2) is 7.51. The van der Waals surface area contributed by atoms with Crippen LogP contribution in [-0.4, -0.2) is 33.2 Å². The van der Waals surface area contributed by atoms with E-state index in [1.165, 1.54) is 13.1 Å². The molecule has 3 aromatic rings. The predicted octanol–water partition coefficient (Wildman–Crippen LogP) is 3.48. The lowest BCUT2D eigenvalue weighted by Crippen LogP contribution is -2.30. The van der Waals surface area contributed by atoms with E-state index < -0.39 is 18.0 Å². The molecule has 1 atom stereocenters. The van der Waals surface area contributed by atoms with Crippen LogP contribution in [0, 0.1) is 0 Å². The third-order valence-corrected chi connectivity index (χ3v) is 4.19. The molecule has 3 rings (SSSR count). The standard InChI is InChI=1S/C19H15ClN2O5/c1-10(18(25)22-14-7-4-8-21-17(14)20)27-19(26)13-9-15(23)11-5-2-3-6-12(11)16(13)24/h2-10,23-24H,1H3,(H,22,25)/t10-/m0/s1. The summed E-state index contributed by atoms with van der Waals surface area (Å²) >= 11 is 5.87. The Morgan fingerprint density at radius 2 is 1.85 bits per heavy atom. The average Bonchev–Trinajstić information content (AvgIpc) is 2.66. The molecule has 0 unspecified atom stereocenters. The lowest BCUT2D eigenvalue weighted by molar-refractivity contribution is -0.123. The van der Waals surface area contributed by atoms with Crippen LogP contribution in [0.5, 0.6) is 11.5 Å². The fraction of sp³-hybridized carbons (Fsp3) is 0.105. The first-order valence-corrected chi connectivity index (χ1v) is 8.32. The number of nitrogens with one attached hydrogen (secondary N) is 1. The highest BCUT2D eigenvalue weighted by Crippen LogP contribution is 2.35. The van der Waals surface area contributed by atoms with Gasteiger partial charge in [0.05, 0.1) is 5.69 Å². The van der Waals surface area contributed by atoms with E-state index in [0.717, 1.165) is 6.07 Å². The first-order chi connectivity index (χ1) is 12.9. The Bertz CT molecular complexity index is 1040. The van der Waals surface area contributed by atoms with Gasteiger partial charge in [-0.05, 0) is 25.1 Å². The maximum Gasteiger partial charge on any atom is 0.342 e. The summed E-state index contributed by atoms with van der Waals surface area (Å²) < 4.78 is 5.11. The van der Waals surface area contributed by atoms with Gasteiger partial charge in [-0.25, -0.2) is 9.78 Å². The van der Waals surface area contributed by atoms with Crippen LogP contribution in [0.3, 0.4) is 0 Å². The van der Waals surface area contributed by atoms with E-state index in [9.17, 15) is 19.8 Å². The third kappa shape index (κ3) is 3.78. The van der Waals surface area contributed by atoms with Crippen molar-refractivity contribution in [1.29, 1.82) is 0 Å². The number of nitrogens with zero attached hydrogens (tertiary/aromatic N) is 1. The summed E-state index contributed by atoms with van der Waals surface area (Å²) in [4.78, 5) is 28.4. The molecule has 0 saturated heterocycles. The lowest BCUT2D eigenvalue weighted by atomic mass is 10.0. The predicted molar refractivity (Wildman–Crippen MR) is 100 cm³/mol. The molecular formula is C19H15ClN2O5. The number of aromatic nitrogens is 1. The minimum absolute atomic E-state index is 0.0986. The van der Waals surface area contributed by atoms with Gasteiger partial charge in [0.25, 0.3) is 5.91 Å². The van der Waals surface area contributed by atoms with Crippen LogP contribution in [0.25, 0.3) is 10.8 Å². The minimum Gasteiger partial charge on any atom is -0.507 e. The largest absolute Gasteiger partial charge is 0.507 e. The Kier molecular flexibility index (Phi) is 5.14. The number of esters is 1. The molecule has 0 aliphatic heterocycles. The Balaban J connectivity index is 1.79. The van der Waals surface area contributed by atoms with E-state index in [0.29, 0.717) is 10.8 Å². The molecule has 1 heterocycles. The maximum absolute atomic E-state index is 12.4. The van der Waals surface area contributed by atoms with Crippen molar-refractivity contribution in [3.05, 3.63) is 59.4 Å². The zero-order chi connectivity index (χ0) is 19.6. The molecule has 0 spiro atoms. The van der Waals surface area contributed by atoms with E-state index >= 15 is 0 Å². The number of carbonyl (C=O) groups is 2. The van der Waals surface area contributed by atoms with Crippen LogP contribution < -0.4 is 5.32 Å². The number of halogens is 1. The SMILES string of the molecule is C[C@H](OC(=O)c1cc(O)c2ccccc2c1O)C(=O)Nc1cccnc1Cl. The van der Waals surface area contributed by atoms with Crippen molar-refractivity contribution in [3.8, 4) is 11.5 Å². The number of aromatic hydroxyl groups is 2. The average molecular weight is 387 g/mol. The first-order valence-electron chi connectivity index (χ1n) is 7.94. The molecule has 0 fully saturated rings. The highest BCUT2D eigenvalue weighted by atomic mass is 35.5. The molecule has 2 aromatic carbocycles. The number of benzene rings is 2. The van der Waals surface area contributed by atoms with Gasteiger partial charge in [0, 0.05) is 17.0 Å². The summed E-state index contributed by atoms with van der Waals surface area (Å²) in [6.45, 7) is 1.37. The molecule has 8 heteroatoms. The zero-order valence-corrected chi connectivity index (χ0v) is 14.9. The van der Waals surface area contributed by atoms with Crippen LogP contribution in [0.2, 0.25) is 5.15 Å². The van der Waals surface area contributed by atoms with Gasteiger partial charge >= 0.3 is 5.97 Å².